The Labute approximate surface area is 113 Å². The zero-order valence-corrected chi connectivity index (χ0v) is 11.5. The summed E-state index contributed by atoms with van der Waals surface area (Å²) in [6.45, 7) is 5.70. The molecule has 1 atom stereocenters. The topological polar surface area (TPSA) is 86.0 Å². The number of nitrogens with one attached hydrogen (secondary N) is 1. The molecule has 0 saturated heterocycles. The highest BCUT2D eigenvalue weighted by Crippen LogP contribution is 2.20. The maximum Gasteiger partial charge on any atom is 0.305 e. The number of nitrogens with zero attached hydrogens (tertiary/aromatic N) is 2. The van der Waals surface area contributed by atoms with Crippen molar-refractivity contribution in [1.82, 2.24) is 4.98 Å². The third kappa shape index (κ3) is 4.25. The molecule has 5 heteroatoms. The fourth-order valence-corrected chi connectivity index (χ4v) is 2.06. The number of aliphatic carboxylic acids is 1. The number of anilines is 1. The van der Waals surface area contributed by atoms with Gasteiger partial charge in [-0.3, -0.25) is 4.79 Å². The van der Waals surface area contributed by atoms with Crippen LogP contribution in [0, 0.1) is 25.2 Å². The molecular weight excluding hydrogens is 242 g/mol. The number of aromatic nitrogens is 1. The van der Waals surface area contributed by atoms with E-state index in [9.17, 15) is 4.79 Å². The van der Waals surface area contributed by atoms with Crippen molar-refractivity contribution in [2.24, 2.45) is 0 Å². The van der Waals surface area contributed by atoms with E-state index in [0.717, 1.165) is 24.1 Å². The molecule has 0 spiro atoms. The summed E-state index contributed by atoms with van der Waals surface area (Å²) in [5.41, 5.74) is 2.14. The van der Waals surface area contributed by atoms with E-state index < -0.39 is 5.97 Å². The smallest absolute Gasteiger partial charge is 0.305 e. The van der Waals surface area contributed by atoms with Crippen LogP contribution in [-0.4, -0.2) is 22.1 Å². The summed E-state index contributed by atoms with van der Waals surface area (Å²) in [7, 11) is 0. The predicted octanol–water partition coefficient (Wildman–Crippen LogP) is 2.63. The second-order valence-corrected chi connectivity index (χ2v) is 4.64. The summed E-state index contributed by atoms with van der Waals surface area (Å²) in [6, 6.07) is 3.76. The Hall–Kier alpha value is -2.09. The molecule has 5 nitrogen and oxygen atoms in total. The number of rotatable bonds is 6. The number of carboxylic acid groups (broad SMARTS) is 1. The molecule has 0 fully saturated rings. The van der Waals surface area contributed by atoms with Crippen LogP contribution >= 0.6 is 0 Å². The molecule has 2 N–H and O–H groups in total. The highest BCUT2D eigenvalue weighted by Gasteiger charge is 2.16. The van der Waals surface area contributed by atoms with Crippen LogP contribution in [0.4, 0.5) is 5.82 Å². The van der Waals surface area contributed by atoms with E-state index in [1.54, 1.807) is 0 Å². The highest BCUT2D eigenvalue weighted by molar-refractivity contribution is 5.68. The van der Waals surface area contributed by atoms with E-state index in [1.807, 2.05) is 26.8 Å². The second-order valence-electron chi connectivity index (χ2n) is 4.64. The molecule has 1 heterocycles. The van der Waals surface area contributed by atoms with Gasteiger partial charge in [-0.25, -0.2) is 4.98 Å². The van der Waals surface area contributed by atoms with Gasteiger partial charge in [0, 0.05) is 11.7 Å². The zero-order chi connectivity index (χ0) is 14.4. The van der Waals surface area contributed by atoms with Gasteiger partial charge in [-0.05, 0) is 31.9 Å². The van der Waals surface area contributed by atoms with Crippen LogP contribution in [0.25, 0.3) is 0 Å². The molecule has 0 radical (unpaired) electrons. The van der Waals surface area contributed by atoms with E-state index >= 15 is 0 Å². The van der Waals surface area contributed by atoms with Crippen molar-refractivity contribution in [2.45, 2.75) is 46.1 Å². The van der Waals surface area contributed by atoms with Crippen molar-refractivity contribution in [3.8, 4) is 6.07 Å². The summed E-state index contributed by atoms with van der Waals surface area (Å²) < 4.78 is 0. The molecule has 1 rings (SSSR count). The standard InChI is InChI=1S/C14H19N3O2/c1-4-5-11(7-13(18)19)17-14-12(8-15)9(2)6-10(3)16-14/h6,11H,4-5,7H2,1-3H3,(H,16,17)(H,18,19). The summed E-state index contributed by atoms with van der Waals surface area (Å²) in [4.78, 5) is 15.1. The van der Waals surface area contributed by atoms with Crippen LogP contribution in [0.1, 0.15) is 43.0 Å². The monoisotopic (exact) mass is 261 g/mol. The van der Waals surface area contributed by atoms with Crippen molar-refractivity contribution < 1.29 is 9.90 Å². The van der Waals surface area contributed by atoms with Gasteiger partial charge in [-0.2, -0.15) is 5.26 Å². The molecule has 0 aliphatic rings. The zero-order valence-electron chi connectivity index (χ0n) is 11.5. The van der Waals surface area contributed by atoms with Crippen LogP contribution in [0.15, 0.2) is 6.07 Å². The van der Waals surface area contributed by atoms with Gasteiger partial charge in [-0.15, -0.1) is 0 Å². The molecular formula is C14H19N3O2. The summed E-state index contributed by atoms with van der Waals surface area (Å²) in [6.07, 6.45) is 1.62. The van der Waals surface area contributed by atoms with E-state index in [0.29, 0.717) is 11.4 Å². The van der Waals surface area contributed by atoms with E-state index in [1.165, 1.54) is 0 Å². The minimum atomic E-state index is -0.853. The lowest BCUT2D eigenvalue weighted by Crippen LogP contribution is -2.24. The third-order valence-corrected chi connectivity index (χ3v) is 2.86. The van der Waals surface area contributed by atoms with Gasteiger partial charge in [0.25, 0.3) is 0 Å². The molecule has 0 aliphatic heterocycles. The molecule has 1 aromatic heterocycles. The Bertz CT molecular complexity index is 506. The van der Waals surface area contributed by atoms with Crippen LogP contribution in [-0.2, 0) is 4.79 Å². The van der Waals surface area contributed by atoms with Gasteiger partial charge in [0.15, 0.2) is 0 Å². The number of hydrogen-bond acceptors (Lipinski definition) is 4. The first-order valence-electron chi connectivity index (χ1n) is 6.34. The molecule has 19 heavy (non-hydrogen) atoms. The summed E-state index contributed by atoms with van der Waals surface area (Å²) >= 11 is 0. The van der Waals surface area contributed by atoms with Gasteiger partial charge in [0.2, 0.25) is 0 Å². The number of pyridine rings is 1. The largest absolute Gasteiger partial charge is 0.481 e. The molecule has 1 aromatic rings. The molecule has 0 saturated carbocycles. The lowest BCUT2D eigenvalue weighted by atomic mass is 10.1. The van der Waals surface area contributed by atoms with Crippen molar-refractivity contribution in [1.29, 1.82) is 5.26 Å². The van der Waals surface area contributed by atoms with Gasteiger partial charge in [-0.1, -0.05) is 13.3 Å². The molecule has 0 aromatic carbocycles. The summed E-state index contributed by atoms with van der Waals surface area (Å²) in [5, 5.41) is 21.2. The van der Waals surface area contributed by atoms with E-state index in [-0.39, 0.29) is 12.5 Å². The first-order chi connectivity index (χ1) is 8.97. The number of carbonyl (C=O) groups is 1. The molecule has 1 unspecified atom stereocenters. The SMILES string of the molecule is CCCC(CC(=O)O)Nc1nc(C)cc(C)c1C#N. The summed E-state index contributed by atoms with van der Waals surface area (Å²) in [5.74, 6) is -0.367. The maximum absolute atomic E-state index is 10.8. The van der Waals surface area contributed by atoms with Crippen molar-refractivity contribution in [3.05, 3.63) is 22.9 Å². The number of carboxylic acids is 1. The number of aryl methyl sites for hydroxylation is 2. The van der Waals surface area contributed by atoms with Crippen LogP contribution < -0.4 is 5.32 Å². The Morgan fingerprint density at radius 2 is 2.26 bits per heavy atom. The minimum Gasteiger partial charge on any atom is -0.481 e. The molecule has 0 aliphatic carbocycles. The molecule has 0 bridgehead atoms. The molecule has 102 valence electrons. The van der Waals surface area contributed by atoms with Gasteiger partial charge < -0.3 is 10.4 Å². The highest BCUT2D eigenvalue weighted by atomic mass is 16.4. The van der Waals surface area contributed by atoms with Gasteiger partial charge in [0.1, 0.15) is 11.9 Å². The second kappa shape index (κ2) is 6.74. The first kappa shape index (κ1) is 15.0. The number of nitriles is 1. The lowest BCUT2D eigenvalue weighted by Gasteiger charge is -2.18. The van der Waals surface area contributed by atoms with Crippen LogP contribution in [0.3, 0.4) is 0 Å². The average molecular weight is 261 g/mol. The Kier molecular flexibility index (Phi) is 5.31. The van der Waals surface area contributed by atoms with Crippen molar-refractivity contribution in [3.63, 3.8) is 0 Å². The van der Waals surface area contributed by atoms with E-state index in [4.69, 9.17) is 10.4 Å². The third-order valence-electron chi connectivity index (χ3n) is 2.86. The minimum absolute atomic E-state index is 0.0212. The normalized spacial score (nSPS) is 11.7. The lowest BCUT2D eigenvalue weighted by molar-refractivity contribution is -0.137. The van der Waals surface area contributed by atoms with Crippen LogP contribution in [0.5, 0.6) is 0 Å². The van der Waals surface area contributed by atoms with Crippen molar-refractivity contribution >= 4 is 11.8 Å². The first-order valence-corrected chi connectivity index (χ1v) is 6.34. The Morgan fingerprint density at radius 1 is 1.58 bits per heavy atom. The average Bonchev–Trinajstić information content (AvgIpc) is 2.27. The van der Waals surface area contributed by atoms with Crippen molar-refractivity contribution in [2.75, 3.05) is 5.32 Å². The quantitative estimate of drug-likeness (QED) is 0.822. The van der Waals surface area contributed by atoms with E-state index in [2.05, 4.69) is 16.4 Å². The van der Waals surface area contributed by atoms with Crippen LogP contribution in [0.2, 0.25) is 0 Å². The fraction of sp³-hybridized carbons (Fsp3) is 0.500. The Balaban J connectivity index is 3.01. The Morgan fingerprint density at radius 3 is 2.79 bits per heavy atom. The van der Waals surface area contributed by atoms with Gasteiger partial charge in [0.05, 0.1) is 12.0 Å². The van der Waals surface area contributed by atoms with Gasteiger partial charge >= 0.3 is 5.97 Å². The molecule has 0 amide bonds. The predicted molar refractivity (Wildman–Crippen MR) is 73.0 cm³/mol. The number of hydrogen-bond donors (Lipinski definition) is 2. The maximum atomic E-state index is 10.8. The fourth-order valence-electron chi connectivity index (χ4n) is 2.06.